The first-order chi connectivity index (χ1) is 7.90. The number of aryl methyl sites for hydroxylation is 1. The van der Waals surface area contributed by atoms with Crippen LogP contribution in [0, 0.1) is 0 Å². The average Bonchev–Trinajstić information content (AvgIpc) is 2.42. The molecule has 0 nitrogen and oxygen atoms in total. The van der Waals surface area contributed by atoms with E-state index < -0.39 is 0 Å². The van der Waals surface area contributed by atoms with E-state index in [1.807, 2.05) is 13.8 Å². The smallest absolute Gasteiger partial charge is 0.0225 e. The predicted octanol–water partition coefficient (Wildman–Crippen LogP) is 5.25. The lowest BCUT2D eigenvalue weighted by Crippen LogP contribution is -1.97. The Morgan fingerprint density at radius 2 is 1.69 bits per heavy atom. The van der Waals surface area contributed by atoms with Crippen molar-refractivity contribution in [2.45, 2.75) is 40.0 Å². The van der Waals surface area contributed by atoms with Crippen molar-refractivity contribution in [3.63, 3.8) is 0 Å². The SMILES string of the molecule is C=C.CC.CCC1=Cc2ccccc2CC1. The third-order valence-corrected chi connectivity index (χ3v) is 2.58. The number of hydrogen-bond acceptors (Lipinski definition) is 0. The van der Waals surface area contributed by atoms with Crippen molar-refractivity contribution < 1.29 is 0 Å². The van der Waals surface area contributed by atoms with Gasteiger partial charge >= 0.3 is 0 Å². The van der Waals surface area contributed by atoms with E-state index in [2.05, 4.69) is 50.4 Å². The molecule has 0 atom stereocenters. The van der Waals surface area contributed by atoms with Gasteiger partial charge in [0.25, 0.3) is 0 Å². The summed E-state index contributed by atoms with van der Waals surface area (Å²) in [6, 6.07) is 8.69. The number of rotatable bonds is 1. The van der Waals surface area contributed by atoms with Crippen molar-refractivity contribution in [1.82, 2.24) is 0 Å². The predicted molar refractivity (Wildman–Crippen MR) is 75.6 cm³/mol. The minimum absolute atomic E-state index is 1.20. The van der Waals surface area contributed by atoms with Crippen molar-refractivity contribution in [2.75, 3.05) is 0 Å². The lowest BCUT2D eigenvalue weighted by Gasteiger charge is -2.14. The van der Waals surface area contributed by atoms with Gasteiger partial charge in [-0.1, -0.05) is 56.7 Å². The van der Waals surface area contributed by atoms with Crippen LogP contribution in [0.1, 0.15) is 44.7 Å². The fourth-order valence-electron chi connectivity index (χ4n) is 1.77. The molecule has 0 heterocycles. The van der Waals surface area contributed by atoms with Crippen molar-refractivity contribution in [3.8, 4) is 0 Å². The molecule has 0 aliphatic heterocycles. The van der Waals surface area contributed by atoms with Crippen molar-refractivity contribution in [2.24, 2.45) is 0 Å². The standard InChI is InChI=1S/C12H14.C2H6.C2H4/c1-2-10-7-8-11-5-3-4-6-12(11)9-10;2*1-2/h3-6,9H,2,7-8H2,1H3;1-2H3;1-2H2. The van der Waals surface area contributed by atoms with E-state index >= 15 is 0 Å². The maximum absolute atomic E-state index is 3.00. The second-order valence-corrected chi connectivity index (χ2v) is 3.35. The molecule has 0 saturated heterocycles. The number of benzene rings is 1. The largest absolute Gasteiger partial charge is 0.106 e. The van der Waals surface area contributed by atoms with Crippen molar-refractivity contribution in [1.29, 1.82) is 0 Å². The van der Waals surface area contributed by atoms with Gasteiger partial charge in [-0.2, -0.15) is 0 Å². The van der Waals surface area contributed by atoms with E-state index in [0.29, 0.717) is 0 Å². The summed E-state index contributed by atoms with van der Waals surface area (Å²) in [5.41, 5.74) is 4.53. The summed E-state index contributed by atoms with van der Waals surface area (Å²) in [4.78, 5) is 0. The second kappa shape index (κ2) is 8.96. The fourth-order valence-corrected chi connectivity index (χ4v) is 1.77. The highest BCUT2D eigenvalue weighted by Gasteiger charge is 2.07. The van der Waals surface area contributed by atoms with Gasteiger partial charge in [0.05, 0.1) is 0 Å². The van der Waals surface area contributed by atoms with Crippen LogP contribution in [0.5, 0.6) is 0 Å². The zero-order valence-electron chi connectivity index (χ0n) is 10.9. The van der Waals surface area contributed by atoms with Gasteiger partial charge in [-0.25, -0.2) is 0 Å². The molecule has 0 amide bonds. The Morgan fingerprint density at radius 1 is 1.06 bits per heavy atom. The molecule has 0 radical (unpaired) electrons. The first-order valence-corrected chi connectivity index (χ1v) is 6.17. The number of fused-ring (bicyclic) bond motifs is 1. The third kappa shape index (κ3) is 4.06. The van der Waals surface area contributed by atoms with Crippen LogP contribution in [0.3, 0.4) is 0 Å². The van der Waals surface area contributed by atoms with E-state index in [4.69, 9.17) is 0 Å². The summed E-state index contributed by atoms with van der Waals surface area (Å²) in [5.74, 6) is 0. The molecule has 0 bridgehead atoms. The van der Waals surface area contributed by atoms with Gasteiger partial charge < -0.3 is 0 Å². The van der Waals surface area contributed by atoms with Gasteiger partial charge in [0.2, 0.25) is 0 Å². The Hall–Kier alpha value is -1.30. The Bertz CT molecular complexity index is 321. The number of allylic oxidation sites excluding steroid dienone is 1. The molecule has 0 N–H and O–H groups in total. The van der Waals surface area contributed by atoms with Crippen LogP contribution in [0.15, 0.2) is 43.0 Å². The van der Waals surface area contributed by atoms with Crippen LogP contribution in [0.25, 0.3) is 6.08 Å². The summed E-state index contributed by atoms with van der Waals surface area (Å²) in [7, 11) is 0. The van der Waals surface area contributed by atoms with Gasteiger partial charge in [0.15, 0.2) is 0 Å². The van der Waals surface area contributed by atoms with Gasteiger partial charge in [0, 0.05) is 0 Å². The normalized spacial score (nSPS) is 12.1. The molecular weight excluding hydrogens is 192 g/mol. The van der Waals surface area contributed by atoms with Gasteiger partial charge in [-0.15, -0.1) is 13.2 Å². The van der Waals surface area contributed by atoms with E-state index in [1.165, 1.54) is 30.4 Å². The number of hydrogen-bond donors (Lipinski definition) is 0. The first-order valence-electron chi connectivity index (χ1n) is 6.17. The molecule has 0 aromatic heterocycles. The van der Waals surface area contributed by atoms with Crippen LogP contribution >= 0.6 is 0 Å². The Balaban J connectivity index is 0.000000509. The Labute approximate surface area is 101 Å². The molecule has 0 saturated carbocycles. The minimum Gasteiger partial charge on any atom is -0.106 e. The van der Waals surface area contributed by atoms with Gasteiger partial charge in [-0.3, -0.25) is 0 Å². The molecule has 1 aromatic carbocycles. The van der Waals surface area contributed by atoms with Gasteiger partial charge in [0.1, 0.15) is 0 Å². The maximum atomic E-state index is 3.00. The molecule has 1 aliphatic rings. The molecule has 1 aliphatic carbocycles. The molecule has 1 aromatic rings. The molecule has 0 unspecified atom stereocenters. The van der Waals surface area contributed by atoms with E-state index in [9.17, 15) is 0 Å². The summed E-state index contributed by atoms with van der Waals surface area (Å²) in [5, 5.41) is 0. The summed E-state index contributed by atoms with van der Waals surface area (Å²) in [6.07, 6.45) is 6.04. The lowest BCUT2D eigenvalue weighted by molar-refractivity contribution is 0.876. The summed E-state index contributed by atoms with van der Waals surface area (Å²) in [6.45, 7) is 12.2. The van der Waals surface area contributed by atoms with Crippen molar-refractivity contribution >= 4 is 6.08 Å². The van der Waals surface area contributed by atoms with E-state index in [-0.39, 0.29) is 0 Å². The highest BCUT2D eigenvalue weighted by Crippen LogP contribution is 2.24. The van der Waals surface area contributed by atoms with Crippen LogP contribution in [-0.2, 0) is 6.42 Å². The average molecular weight is 216 g/mol. The summed E-state index contributed by atoms with van der Waals surface area (Å²) >= 11 is 0. The highest BCUT2D eigenvalue weighted by molar-refractivity contribution is 5.59. The van der Waals surface area contributed by atoms with E-state index in [1.54, 1.807) is 5.57 Å². The summed E-state index contributed by atoms with van der Waals surface area (Å²) < 4.78 is 0. The van der Waals surface area contributed by atoms with Crippen LogP contribution in [0.4, 0.5) is 0 Å². The second-order valence-electron chi connectivity index (χ2n) is 3.35. The minimum atomic E-state index is 1.20. The molecule has 0 heteroatoms. The van der Waals surface area contributed by atoms with Crippen molar-refractivity contribution in [3.05, 3.63) is 54.1 Å². The topological polar surface area (TPSA) is 0 Å². The zero-order valence-corrected chi connectivity index (χ0v) is 10.9. The Morgan fingerprint density at radius 3 is 2.31 bits per heavy atom. The molecule has 0 fully saturated rings. The highest BCUT2D eigenvalue weighted by atomic mass is 14.1. The van der Waals surface area contributed by atoms with Gasteiger partial charge in [-0.05, 0) is 30.4 Å². The molecule has 2 rings (SSSR count). The third-order valence-electron chi connectivity index (χ3n) is 2.58. The zero-order chi connectivity index (χ0) is 12.4. The van der Waals surface area contributed by atoms with E-state index in [0.717, 1.165) is 0 Å². The molecule has 16 heavy (non-hydrogen) atoms. The quantitative estimate of drug-likeness (QED) is 0.562. The molecular formula is C16H24. The first kappa shape index (κ1) is 14.7. The molecule has 88 valence electrons. The lowest BCUT2D eigenvalue weighted by atomic mass is 9.91. The molecule has 0 spiro atoms. The van der Waals surface area contributed by atoms with Crippen LogP contribution in [0.2, 0.25) is 0 Å². The monoisotopic (exact) mass is 216 g/mol. The van der Waals surface area contributed by atoms with Crippen LogP contribution in [-0.4, -0.2) is 0 Å². The fraction of sp³-hybridized carbons (Fsp3) is 0.375. The maximum Gasteiger partial charge on any atom is -0.0225 e. The van der Waals surface area contributed by atoms with Crippen LogP contribution < -0.4 is 0 Å². The Kier molecular flexibility index (Phi) is 8.24.